The minimum Gasteiger partial charge on any atom is -0.393 e. The quantitative estimate of drug-likeness (QED) is 0.750. The van der Waals surface area contributed by atoms with E-state index in [1.54, 1.807) is 19.1 Å². The van der Waals surface area contributed by atoms with Crippen LogP contribution in [0.4, 0.5) is 0 Å². The van der Waals surface area contributed by atoms with Gasteiger partial charge in [0.05, 0.1) is 17.6 Å². The fourth-order valence-corrected chi connectivity index (χ4v) is 2.78. The van der Waals surface area contributed by atoms with Crippen molar-refractivity contribution < 1.29 is 17.7 Å². The van der Waals surface area contributed by atoms with Crippen LogP contribution in [0.5, 0.6) is 0 Å². The maximum absolute atomic E-state index is 12.0. The predicted octanol–water partition coefficient (Wildman–Crippen LogP) is 2.89. The van der Waals surface area contributed by atoms with E-state index in [0.717, 1.165) is 18.4 Å². The standard InChI is InChI=1S/C15H24O4S/c1-4-5-6-15(16)13(3)11-19-20(17,18)14-9-7-12(2)8-10-14/h7-10,13,15-16H,4-6,11H2,1-3H3/t13-,15-/m0/s1. The van der Waals surface area contributed by atoms with Gasteiger partial charge in [0.1, 0.15) is 0 Å². The maximum Gasteiger partial charge on any atom is 0.296 e. The van der Waals surface area contributed by atoms with Gasteiger partial charge in [-0.05, 0) is 25.5 Å². The van der Waals surface area contributed by atoms with E-state index in [1.165, 1.54) is 12.1 Å². The van der Waals surface area contributed by atoms with Crippen molar-refractivity contribution in [2.45, 2.75) is 51.0 Å². The summed E-state index contributed by atoms with van der Waals surface area (Å²) in [5, 5.41) is 9.88. The van der Waals surface area contributed by atoms with Crippen molar-refractivity contribution in [3.8, 4) is 0 Å². The molecule has 0 heterocycles. The molecule has 0 saturated heterocycles. The molecule has 114 valence electrons. The molecule has 0 radical (unpaired) electrons. The largest absolute Gasteiger partial charge is 0.393 e. The zero-order valence-corrected chi connectivity index (χ0v) is 13.2. The van der Waals surface area contributed by atoms with Gasteiger partial charge in [-0.25, -0.2) is 0 Å². The molecular weight excluding hydrogens is 276 g/mol. The van der Waals surface area contributed by atoms with Crippen molar-refractivity contribution in [2.75, 3.05) is 6.61 Å². The highest BCUT2D eigenvalue weighted by atomic mass is 32.2. The van der Waals surface area contributed by atoms with Gasteiger partial charge in [0.25, 0.3) is 10.1 Å². The molecule has 0 aromatic heterocycles. The molecule has 0 unspecified atom stereocenters. The summed E-state index contributed by atoms with van der Waals surface area (Å²) in [6, 6.07) is 6.53. The Hall–Kier alpha value is -0.910. The Kier molecular flexibility index (Phi) is 6.65. The monoisotopic (exact) mass is 300 g/mol. The molecule has 0 amide bonds. The van der Waals surface area contributed by atoms with E-state index in [4.69, 9.17) is 4.18 Å². The molecule has 1 aromatic rings. The molecule has 0 aliphatic heterocycles. The summed E-state index contributed by atoms with van der Waals surface area (Å²) in [6.45, 7) is 5.74. The third kappa shape index (κ3) is 5.23. The fraction of sp³-hybridized carbons (Fsp3) is 0.600. The van der Waals surface area contributed by atoms with Crippen LogP contribution in [0, 0.1) is 12.8 Å². The van der Waals surface area contributed by atoms with Gasteiger partial charge in [-0.3, -0.25) is 4.18 Å². The molecule has 20 heavy (non-hydrogen) atoms. The molecule has 1 rings (SSSR count). The van der Waals surface area contributed by atoms with Crippen LogP contribution in [0.1, 0.15) is 38.7 Å². The molecule has 0 saturated carbocycles. The van der Waals surface area contributed by atoms with Crippen LogP contribution in [0.3, 0.4) is 0 Å². The lowest BCUT2D eigenvalue weighted by molar-refractivity contribution is 0.0774. The Labute approximate surface area is 121 Å². The fourth-order valence-electron chi connectivity index (χ4n) is 1.78. The first-order valence-electron chi connectivity index (χ1n) is 7.01. The molecule has 1 N–H and O–H groups in total. The van der Waals surface area contributed by atoms with Gasteiger partial charge >= 0.3 is 0 Å². The lowest BCUT2D eigenvalue weighted by atomic mass is 10.0. The Morgan fingerprint density at radius 2 is 1.85 bits per heavy atom. The van der Waals surface area contributed by atoms with E-state index >= 15 is 0 Å². The molecule has 2 atom stereocenters. The summed E-state index contributed by atoms with van der Waals surface area (Å²) >= 11 is 0. The number of unbranched alkanes of at least 4 members (excludes halogenated alkanes) is 1. The highest BCUT2D eigenvalue weighted by molar-refractivity contribution is 7.86. The van der Waals surface area contributed by atoms with Gasteiger partial charge < -0.3 is 5.11 Å². The lowest BCUT2D eigenvalue weighted by Crippen LogP contribution is -2.24. The van der Waals surface area contributed by atoms with Gasteiger partial charge in [-0.1, -0.05) is 44.4 Å². The zero-order valence-electron chi connectivity index (χ0n) is 12.4. The van der Waals surface area contributed by atoms with Crippen LogP contribution in [0.25, 0.3) is 0 Å². The molecule has 0 aliphatic carbocycles. The van der Waals surface area contributed by atoms with Crippen LogP contribution in [-0.4, -0.2) is 26.2 Å². The first-order valence-corrected chi connectivity index (χ1v) is 8.41. The van der Waals surface area contributed by atoms with Crippen molar-refractivity contribution in [3.05, 3.63) is 29.8 Å². The molecule has 0 aliphatic rings. The van der Waals surface area contributed by atoms with E-state index in [0.29, 0.717) is 6.42 Å². The van der Waals surface area contributed by atoms with E-state index < -0.39 is 16.2 Å². The normalized spacial score (nSPS) is 15.0. The molecular formula is C15H24O4S. The third-order valence-corrected chi connectivity index (χ3v) is 4.60. The molecule has 4 nitrogen and oxygen atoms in total. The molecule has 0 fully saturated rings. The maximum atomic E-state index is 12.0. The topological polar surface area (TPSA) is 63.6 Å². The van der Waals surface area contributed by atoms with Crippen LogP contribution >= 0.6 is 0 Å². The number of hydrogen-bond acceptors (Lipinski definition) is 4. The van der Waals surface area contributed by atoms with Crippen LogP contribution in [-0.2, 0) is 14.3 Å². The summed E-state index contributed by atoms with van der Waals surface area (Å²) in [6.07, 6.45) is 2.08. The number of hydrogen-bond donors (Lipinski definition) is 1. The molecule has 1 aromatic carbocycles. The van der Waals surface area contributed by atoms with Crippen molar-refractivity contribution in [1.29, 1.82) is 0 Å². The Morgan fingerprint density at radius 3 is 2.40 bits per heavy atom. The van der Waals surface area contributed by atoms with Gasteiger partial charge in [-0.15, -0.1) is 0 Å². The molecule has 0 spiro atoms. The van der Waals surface area contributed by atoms with Gasteiger partial charge in [-0.2, -0.15) is 8.42 Å². The number of aliphatic hydroxyl groups is 1. The summed E-state index contributed by atoms with van der Waals surface area (Å²) in [5.74, 6) is -0.207. The number of aryl methyl sites for hydroxylation is 1. The van der Waals surface area contributed by atoms with Gasteiger partial charge in [0.2, 0.25) is 0 Å². The lowest BCUT2D eigenvalue weighted by Gasteiger charge is -2.18. The van der Waals surface area contributed by atoms with E-state index in [-0.39, 0.29) is 17.4 Å². The SMILES string of the molecule is CCCC[C@H](O)[C@@H](C)COS(=O)(=O)c1ccc(C)cc1. The highest BCUT2D eigenvalue weighted by Crippen LogP contribution is 2.17. The predicted molar refractivity (Wildman–Crippen MR) is 79.0 cm³/mol. The second-order valence-electron chi connectivity index (χ2n) is 5.24. The van der Waals surface area contributed by atoms with Crippen LogP contribution < -0.4 is 0 Å². The average molecular weight is 300 g/mol. The Balaban J connectivity index is 2.57. The van der Waals surface area contributed by atoms with Crippen molar-refractivity contribution in [1.82, 2.24) is 0 Å². The van der Waals surface area contributed by atoms with Crippen LogP contribution in [0.2, 0.25) is 0 Å². The minimum absolute atomic E-state index is 0.00108. The third-order valence-electron chi connectivity index (χ3n) is 3.31. The first kappa shape index (κ1) is 17.1. The van der Waals surface area contributed by atoms with Gasteiger partial charge in [0.15, 0.2) is 0 Å². The van der Waals surface area contributed by atoms with E-state index in [9.17, 15) is 13.5 Å². The summed E-state index contributed by atoms with van der Waals surface area (Å²) in [5.41, 5.74) is 0.993. The van der Waals surface area contributed by atoms with Crippen molar-refractivity contribution >= 4 is 10.1 Å². The summed E-state index contributed by atoms with van der Waals surface area (Å²) < 4.78 is 29.0. The average Bonchev–Trinajstić information content (AvgIpc) is 2.42. The van der Waals surface area contributed by atoms with E-state index in [2.05, 4.69) is 6.92 Å². The number of aliphatic hydroxyl groups excluding tert-OH is 1. The van der Waals surface area contributed by atoms with Gasteiger partial charge in [0, 0.05) is 5.92 Å². The zero-order chi connectivity index (χ0) is 15.2. The number of rotatable bonds is 8. The number of benzene rings is 1. The second kappa shape index (κ2) is 7.76. The molecule has 5 heteroatoms. The molecule has 0 bridgehead atoms. The Bertz CT molecular complexity index is 493. The van der Waals surface area contributed by atoms with Crippen molar-refractivity contribution in [3.63, 3.8) is 0 Å². The first-order chi connectivity index (χ1) is 9.36. The van der Waals surface area contributed by atoms with E-state index in [1.807, 2.05) is 6.92 Å². The smallest absolute Gasteiger partial charge is 0.296 e. The minimum atomic E-state index is -3.74. The second-order valence-corrected chi connectivity index (χ2v) is 6.85. The highest BCUT2D eigenvalue weighted by Gasteiger charge is 2.20. The van der Waals surface area contributed by atoms with Crippen LogP contribution in [0.15, 0.2) is 29.2 Å². The van der Waals surface area contributed by atoms with Crippen molar-refractivity contribution in [2.24, 2.45) is 5.92 Å². The Morgan fingerprint density at radius 1 is 1.25 bits per heavy atom. The summed E-state index contributed by atoms with van der Waals surface area (Å²) in [7, 11) is -3.74. The summed E-state index contributed by atoms with van der Waals surface area (Å²) in [4.78, 5) is 0.151.